The lowest BCUT2D eigenvalue weighted by atomic mass is 9.97. The van der Waals surface area contributed by atoms with Gasteiger partial charge in [-0.05, 0) is 59.2 Å². The number of imide groups is 1. The predicted octanol–water partition coefficient (Wildman–Crippen LogP) is 2.96. The standard InChI is InChI=1S/C26H25N3O6/c1-34-20-10-6-16(7-11-20)17-4-3-5-18(14-17)24(31)23-25(32)29(26(33)28-23)15-22(30)27-19-8-12-21(35-2)13-9-19/h3-14,23-24,31H,15H2,1-2H3,(H,27,30)(H,28,33). The number of ether oxygens (including phenoxy) is 2. The third-order valence-electron chi connectivity index (χ3n) is 5.70. The Morgan fingerprint density at radius 1 is 0.971 bits per heavy atom. The Balaban J connectivity index is 1.43. The molecule has 9 heteroatoms. The van der Waals surface area contributed by atoms with Crippen LogP contribution in [0.15, 0.2) is 72.8 Å². The number of rotatable bonds is 8. The third-order valence-corrected chi connectivity index (χ3v) is 5.70. The van der Waals surface area contributed by atoms with E-state index < -0.39 is 36.5 Å². The van der Waals surface area contributed by atoms with Gasteiger partial charge >= 0.3 is 6.03 Å². The van der Waals surface area contributed by atoms with Crippen LogP contribution >= 0.6 is 0 Å². The first kappa shape index (κ1) is 23.8. The van der Waals surface area contributed by atoms with Crippen molar-refractivity contribution in [1.29, 1.82) is 0 Å². The van der Waals surface area contributed by atoms with E-state index in [0.717, 1.165) is 21.8 Å². The van der Waals surface area contributed by atoms with Crippen LogP contribution < -0.4 is 20.1 Å². The fourth-order valence-corrected chi connectivity index (χ4v) is 3.80. The van der Waals surface area contributed by atoms with Crippen LogP contribution in [0.5, 0.6) is 11.5 Å². The number of hydrogen-bond donors (Lipinski definition) is 3. The van der Waals surface area contributed by atoms with Gasteiger partial charge in [0.05, 0.1) is 14.2 Å². The summed E-state index contributed by atoms with van der Waals surface area (Å²) in [7, 11) is 3.12. The molecular formula is C26H25N3O6. The molecule has 4 rings (SSSR count). The number of aliphatic hydroxyl groups excluding tert-OH is 1. The molecule has 1 heterocycles. The van der Waals surface area contributed by atoms with E-state index in [2.05, 4.69) is 10.6 Å². The molecule has 0 radical (unpaired) electrons. The molecular weight excluding hydrogens is 450 g/mol. The molecule has 180 valence electrons. The number of nitrogens with zero attached hydrogens (tertiary/aromatic N) is 1. The third kappa shape index (κ3) is 5.25. The van der Waals surface area contributed by atoms with Crippen molar-refractivity contribution in [3.63, 3.8) is 0 Å². The summed E-state index contributed by atoms with van der Waals surface area (Å²) < 4.78 is 10.3. The summed E-state index contributed by atoms with van der Waals surface area (Å²) in [5.74, 6) is 0.128. The van der Waals surface area contributed by atoms with E-state index in [1.807, 2.05) is 30.3 Å². The number of carbonyl (C=O) groups excluding carboxylic acids is 3. The highest BCUT2D eigenvalue weighted by molar-refractivity contribution is 6.08. The van der Waals surface area contributed by atoms with E-state index in [-0.39, 0.29) is 0 Å². The molecule has 0 aliphatic carbocycles. The number of urea groups is 1. The van der Waals surface area contributed by atoms with Crippen LogP contribution in [0.4, 0.5) is 10.5 Å². The zero-order chi connectivity index (χ0) is 24.9. The first-order valence-corrected chi connectivity index (χ1v) is 10.9. The molecule has 3 aromatic carbocycles. The lowest BCUT2D eigenvalue weighted by molar-refractivity contribution is -0.132. The molecule has 1 aliphatic heterocycles. The monoisotopic (exact) mass is 475 g/mol. The Morgan fingerprint density at radius 3 is 2.23 bits per heavy atom. The molecule has 1 fully saturated rings. The van der Waals surface area contributed by atoms with Crippen molar-refractivity contribution < 1.29 is 29.0 Å². The molecule has 1 saturated heterocycles. The molecule has 0 saturated carbocycles. The average Bonchev–Trinajstić information content (AvgIpc) is 3.17. The Morgan fingerprint density at radius 2 is 1.60 bits per heavy atom. The Hall–Kier alpha value is -4.37. The van der Waals surface area contributed by atoms with Crippen LogP contribution in [0, 0.1) is 0 Å². The van der Waals surface area contributed by atoms with Crippen LogP contribution in [0.25, 0.3) is 11.1 Å². The summed E-state index contributed by atoms with van der Waals surface area (Å²) >= 11 is 0. The second kappa shape index (κ2) is 10.3. The van der Waals surface area contributed by atoms with Gasteiger partial charge in [0, 0.05) is 5.69 Å². The van der Waals surface area contributed by atoms with Crippen molar-refractivity contribution in [3.8, 4) is 22.6 Å². The lowest BCUT2D eigenvalue weighted by Gasteiger charge is -2.18. The summed E-state index contributed by atoms with van der Waals surface area (Å²) in [6.07, 6.45) is -1.29. The van der Waals surface area contributed by atoms with Gasteiger partial charge in [-0.1, -0.05) is 30.3 Å². The zero-order valence-corrected chi connectivity index (χ0v) is 19.2. The van der Waals surface area contributed by atoms with Crippen LogP contribution in [-0.2, 0) is 9.59 Å². The zero-order valence-electron chi connectivity index (χ0n) is 19.2. The van der Waals surface area contributed by atoms with Gasteiger partial charge in [-0.15, -0.1) is 0 Å². The first-order chi connectivity index (χ1) is 16.9. The maximum absolute atomic E-state index is 12.9. The van der Waals surface area contributed by atoms with E-state index in [4.69, 9.17) is 9.47 Å². The van der Waals surface area contributed by atoms with Gasteiger partial charge < -0.3 is 25.2 Å². The van der Waals surface area contributed by atoms with Crippen molar-refractivity contribution in [2.45, 2.75) is 12.1 Å². The van der Waals surface area contributed by atoms with E-state index in [9.17, 15) is 19.5 Å². The van der Waals surface area contributed by atoms with Gasteiger partial charge in [0.1, 0.15) is 30.2 Å². The highest BCUT2D eigenvalue weighted by atomic mass is 16.5. The highest BCUT2D eigenvalue weighted by Crippen LogP contribution is 2.28. The second-order valence-corrected chi connectivity index (χ2v) is 7.93. The van der Waals surface area contributed by atoms with Crippen molar-refractivity contribution in [1.82, 2.24) is 10.2 Å². The molecule has 3 aromatic rings. The van der Waals surface area contributed by atoms with Gasteiger partial charge in [0.15, 0.2) is 0 Å². The van der Waals surface area contributed by atoms with Gasteiger partial charge in [0.25, 0.3) is 5.91 Å². The van der Waals surface area contributed by atoms with E-state index >= 15 is 0 Å². The molecule has 0 aromatic heterocycles. The minimum atomic E-state index is -1.29. The summed E-state index contributed by atoms with van der Waals surface area (Å²) in [5, 5.41) is 16.0. The first-order valence-electron chi connectivity index (χ1n) is 10.9. The highest BCUT2D eigenvalue weighted by Gasteiger charge is 2.43. The molecule has 35 heavy (non-hydrogen) atoms. The van der Waals surface area contributed by atoms with Crippen LogP contribution in [0.1, 0.15) is 11.7 Å². The summed E-state index contributed by atoms with van der Waals surface area (Å²) in [4.78, 5) is 38.5. The van der Waals surface area contributed by atoms with E-state index in [1.54, 1.807) is 49.6 Å². The number of benzene rings is 3. The number of anilines is 1. The fraction of sp³-hybridized carbons (Fsp3) is 0.192. The Bertz CT molecular complexity index is 1230. The van der Waals surface area contributed by atoms with Crippen LogP contribution in [-0.4, -0.2) is 54.7 Å². The van der Waals surface area contributed by atoms with Crippen molar-refractivity contribution in [2.24, 2.45) is 0 Å². The molecule has 0 bridgehead atoms. The molecule has 0 spiro atoms. The van der Waals surface area contributed by atoms with Crippen LogP contribution in [0.2, 0.25) is 0 Å². The van der Waals surface area contributed by atoms with Gasteiger partial charge in [0.2, 0.25) is 5.91 Å². The molecule has 1 aliphatic rings. The Labute approximate surface area is 202 Å². The van der Waals surface area contributed by atoms with Gasteiger partial charge in [-0.25, -0.2) is 4.79 Å². The molecule has 4 amide bonds. The minimum Gasteiger partial charge on any atom is -0.497 e. The van der Waals surface area contributed by atoms with Gasteiger partial charge in [-0.2, -0.15) is 0 Å². The van der Waals surface area contributed by atoms with Crippen molar-refractivity contribution in [3.05, 3.63) is 78.4 Å². The largest absolute Gasteiger partial charge is 0.497 e. The smallest absolute Gasteiger partial charge is 0.325 e. The molecule has 9 nitrogen and oxygen atoms in total. The molecule has 2 unspecified atom stereocenters. The summed E-state index contributed by atoms with van der Waals surface area (Å²) in [6.45, 7) is -0.480. The number of hydrogen-bond acceptors (Lipinski definition) is 6. The van der Waals surface area contributed by atoms with E-state index in [0.29, 0.717) is 17.0 Å². The number of amides is 4. The maximum atomic E-state index is 12.9. The summed E-state index contributed by atoms with van der Waals surface area (Å²) in [6, 6.07) is 19.2. The number of aliphatic hydroxyl groups is 1. The summed E-state index contributed by atoms with van der Waals surface area (Å²) in [5.41, 5.74) is 2.69. The maximum Gasteiger partial charge on any atom is 0.325 e. The SMILES string of the molecule is COc1ccc(NC(=O)CN2C(=O)NC(C(O)c3cccc(-c4ccc(OC)cc4)c3)C2=O)cc1. The van der Waals surface area contributed by atoms with Gasteiger partial charge in [-0.3, -0.25) is 14.5 Å². The lowest BCUT2D eigenvalue weighted by Crippen LogP contribution is -2.39. The second-order valence-electron chi connectivity index (χ2n) is 7.93. The van der Waals surface area contributed by atoms with Crippen molar-refractivity contribution >= 4 is 23.5 Å². The molecule has 2 atom stereocenters. The normalized spacial score (nSPS) is 16.0. The topological polar surface area (TPSA) is 117 Å². The quantitative estimate of drug-likeness (QED) is 0.431. The Kier molecular flexibility index (Phi) is 6.98. The number of nitrogens with one attached hydrogen (secondary N) is 2. The number of carbonyl (C=O) groups is 3. The number of methoxy groups -OCH3 is 2. The minimum absolute atomic E-state index is 0.460. The average molecular weight is 476 g/mol. The van der Waals surface area contributed by atoms with E-state index in [1.165, 1.54) is 7.11 Å². The molecule has 3 N–H and O–H groups in total. The van der Waals surface area contributed by atoms with Crippen LogP contribution in [0.3, 0.4) is 0 Å². The fourth-order valence-electron chi connectivity index (χ4n) is 3.80. The van der Waals surface area contributed by atoms with Crippen molar-refractivity contribution in [2.75, 3.05) is 26.1 Å². The predicted molar refractivity (Wildman–Crippen MR) is 129 cm³/mol.